The molecule has 0 radical (unpaired) electrons. The summed E-state index contributed by atoms with van der Waals surface area (Å²) >= 11 is 2.10. The van der Waals surface area contributed by atoms with Crippen LogP contribution in [0, 0.1) is 0 Å². The van der Waals surface area contributed by atoms with Crippen LogP contribution in [0.1, 0.15) is 45.4 Å². The maximum Gasteiger partial charge on any atom is -0.00675 e. The number of rotatable bonds is 9. The fraction of sp³-hybridized carbons (Fsp3) is 0.818. The van der Waals surface area contributed by atoms with E-state index in [0.717, 1.165) is 0 Å². The molecule has 0 aliphatic heterocycles. The molecule has 0 heterocycles. The van der Waals surface area contributed by atoms with Crippen LogP contribution < -0.4 is 0 Å². The first-order valence-corrected chi connectivity index (χ1v) is 6.26. The van der Waals surface area contributed by atoms with Gasteiger partial charge in [-0.2, -0.15) is 11.8 Å². The summed E-state index contributed by atoms with van der Waals surface area (Å²) in [6.45, 7) is 5.96. The number of unbranched alkanes of at least 4 members (excludes halogenated alkanes) is 4. The Balaban J connectivity index is 2.77. The smallest absolute Gasteiger partial charge is 0.00675 e. The lowest BCUT2D eigenvalue weighted by atomic mass is 10.2. The third kappa shape index (κ3) is 10.1. The second-order valence-corrected chi connectivity index (χ2v) is 4.33. The molecule has 0 fully saturated rings. The van der Waals surface area contributed by atoms with Crippen LogP contribution >= 0.6 is 11.8 Å². The molecule has 12 heavy (non-hydrogen) atoms. The summed E-state index contributed by atoms with van der Waals surface area (Å²) in [7, 11) is 0. The Kier molecular flexibility index (Phi) is 11.2. The summed E-state index contributed by atoms with van der Waals surface area (Å²) in [4.78, 5) is 0. The highest BCUT2D eigenvalue weighted by molar-refractivity contribution is 7.99. The zero-order valence-corrected chi connectivity index (χ0v) is 9.17. The molecule has 0 nitrogen and oxygen atoms in total. The van der Waals surface area contributed by atoms with E-state index < -0.39 is 0 Å². The lowest BCUT2D eigenvalue weighted by molar-refractivity contribution is 0.678. The second kappa shape index (κ2) is 11.1. The highest BCUT2D eigenvalue weighted by Crippen LogP contribution is 2.09. The molecule has 0 amide bonds. The van der Waals surface area contributed by atoms with Crippen LogP contribution in [0.25, 0.3) is 0 Å². The maximum absolute atomic E-state index is 3.71. The van der Waals surface area contributed by atoms with Gasteiger partial charge in [0, 0.05) is 0 Å². The lowest BCUT2D eigenvalue weighted by Gasteiger charge is -1.99. The van der Waals surface area contributed by atoms with Crippen molar-refractivity contribution >= 4 is 11.8 Å². The molecule has 1 heteroatoms. The van der Waals surface area contributed by atoms with E-state index in [1.54, 1.807) is 0 Å². The highest BCUT2D eigenvalue weighted by Gasteiger charge is 1.89. The van der Waals surface area contributed by atoms with Gasteiger partial charge in [0.1, 0.15) is 0 Å². The van der Waals surface area contributed by atoms with Gasteiger partial charge in [-0.05, 0) is 37.2 Å². The van der Waals surface area contributed by atoms with Crippen LogP contribution in [0.3, 0.4) is 0 Å². The summed E-state index contributed by atoms with van der Waals surface area (Å²) in [5, 5.41) is 0. The summed E-state index contributed by atoms with van der Waals surface area (Å²) in [6.07, 6.45) is 10.1. The average Bonchev–Trinajstić information content (AvgIpc) is 2.10. The molecule has 0 saturated carbocycles. The predicted octanol–water partition coefficient (Wildman–Crippen LogP) is 4.27. The Hall–Kier alpha value is 0.0900. The second-order valence-electron chi connectivity index (χ2n) is 3.10. The van der Waals surface area contributed by atoms with E-state index >= 15 is 0 Å². The van der Waals surface area contributed by atoms with E-state index in [1.165, 1.54) is 50.0 Å². The van der Waals surface area contributed by atoms with Gasteiger partial charge in [-0.25, -0.2) is 0 Å². The van der Waals surface area contributed by atoms with Crippen LogP contribution in [-0.2, 0) is 0 Å². The summed E-state index contributed by atoms with van der Waals surface area (Å²) in [6, 6.07) is 0. The van der Waals surface area contributed by atoms with Crippen molar-refractivity contribution in [3.63, 3.8) is 0 Å². The van der Waals surface area contributed by atoms with E-state index in [0.29, 0.717) is 0 Å². The molecule has 0 atom stereocenters. The molecule has 0 spiro atoms. The van der Waals surface area contributed by atoms with Crippen molar-refractivity contribution in [3.8, 4) is 0 Å². The zero-order valence-electron chi connectivity index (χ0n) is 8.35. The molecule has 0 aliphatic rings. The molecule has 0 aromatic heterocycles. The minimum atomic E-state index is 1.20. The Morgan fingerprint density at radius 3 is 2.50 bits per heavy atom. The standard InChI is InChI=1S/C11H22S/c1-3-5-6-7-8-9-11-12-10-4-2/h3H,1,4-11H2,2H3. The molecule has 0 rings (SSSR count). The number of allylic oxidation sites excluding steroid dienone is 1. The van der Waals surface area contributed by atoms with Crippen molar-refractivity contribution < 1.29 is 0 Å². The highest BCUT2D eigenvalue weighted by atomic mass is 32.2. The number of hydrogen-bond donors (Lipinski definition) is 0. The quantitative estimate of drug-likeness (QED) is 0.383. The largest absolute Gasteiger partial charge is 0.162 e. The molecule has 0 N–H and O–H groups in total. The van der Waals surface area contributed by atoms with Crippen LogP contribution in [0.2, 0.25) is 0 Å². The summed E-state index contributed by atoms with van der Waals surface area (Å²) < 4.78 is 0. The van der Waals surface area contributed by atoms with Crippen molar-refractivity contribution in [2.24, 2.45) is 0 Å². The molecule has 0 aromatic rings. The number of hydrogen-bond acceptors (Lipinski definition) is 1. The van der Waals surface area contributed by atoms with Crippen LogP contribution in [-0.4, -0.2) is 11.5 Å². The van der Waals surface area contributed by atoms with E-state index in [-0.39, 0.29) is 0 Å². The fourth-order valence-electron chi connectivity index (χ4n) is 1.09. The van der Waals surface area contributed by atoms with Crippen molar-refractivity contribution in [3.05, 3.63) is 12.7 Å². The van der Waals surface area contributed by atoms with Gasteiger partial charge in [-0.15, -0.1) is 6.58 Å². The van der Waals surface area contributed by atoms with Gasteiger partial charge in [0.05, 0.1) is 0 Å². The van der Waals surface area contributed by atoms with E-state index in [1.807, 2.05) is 6.08 Å². The van der Waals surface area contributed by atoms with E-state index in [2.05, 4.69) is 25.3 Å². The molecule has 0 unspecified atom stereocenters. The topological polar surface area (TPSA) is 0 Å². The molecule has 0 aromatic carbocycles. The Morgan fingerprint density at radius 2 is 1.83 bits per heavy atom. The van der Waals surface area contributed by atoms with Crippen molar-refractivity contribution in [2.75, 3.05) is 11.5 Å². The van der Waals surface area contributed by atoms with E-state index in [4.69, 9.17) is 0 Å². The minimum absolute atomic E-state index is 1.20. The molecule has 0 aliphatic carbocycles. The molecule has 0 bridgehead atoms. The first kappa shape index (κ1) is 12.1. The maximum atomic E-state index is 3.71. The third-order valence-electron chi connectivity index (χ3n) is 1.80. The van der Waals surface area contributed by atoms with Crippen molar-refractivity contribution in [2.45, 2.75) is 45.4 Å². The normalized spacial score (nSPS) is 10.1. The third-order valence-corrected chi connectivity index (χ3v) is 3.07. The van der Waals surface area contributed by atoms with Gasteiger partial charge in [-0.1, -0.05) is 25.8 Å². The van der Waals surface area contributed by atoms with Crippen molar-refractivity contribution in [1.82, 2.24) is 0 Å². The molecule has 0 saturated heterocycles. The monoisotopic (exact) mass is 186 g/mol. The van der Waals surface area contributed by atoms with E-state index in [9.17, 15) is 0 Å². The fourth-order valence-corrected chi connectivity index (χ4v) is 1.99. The lowest BCUT2D eigenvalue weighted by Crippen LogP contribution is -1.83. The minimum Gasteiger partial charge on any atom is -0.162 e. The first-order valence-electron chi connectivity index (χ1n) is 5.10. The van der Waals surface area contributed by atoms with Crippen molar-refractivity contribution in [1.29, 1.82) is 0 Å². The predicted molar refractivity (Wildman–Crippen MR) is 60.9 cm³/mol. The van der Waals surface area contributed by atoms with Crippen LogP contribution in [0.15, 0.2) is 12.7 Å². The van der Waals surface area contributed by atoms with Gasteiger partial charge in [0.25, 0.3) is 0 Å². The van der Waals surface area contributed by atoms with Gasteiger partial charge in [0.15, 0.2) is 0 Å². The molecular weight excluding hydrogens is 164 g/mol. The van der Waals surface area contributed by atoms with Crippen LogP contribution in [0.4, 0.5) is 0 Å². The van der Waals surface area contributed by atoms with Gasteiger partial charge in [-0.3, -0.25) is 0 Å². The van der Waals surface area contributed by atoms with Gasteiger partial charge < -0.3 is 0 Å². The zero-order chi connectivity index (χ0) is 9.07. The Bertz CT molecular complexity index is 89.0. The number of thioether (sulfide) groups is 1. The average molecular weight is 186 g/mol. The van der Waals surface area contributed by atoms with Gasteiger partial charge >= 0.3 is 0 Å². The molecular formula is C11H22S. The Morgan fingerprint density at radius 1 is 1.08 bits per heavy atom. The molecule has 72 valence electrons. The summed E-state index contributed by atoms with van der Waals surface area (Å²) in [5.41, 5.74) is 0. The SMILES string of the molecule is C=CCCCCCCSCCC. The van der Waals surface area contributed by atoms with Crippen LogP contribution in [0.5, 0.6) is 0 Å². The van der Waals surface area contributed by atoms with Gasteiger partial charge in [0.2, 0.25) is 0 Å². The Labute approximate surface area is 81.8 Å². The first-order chi connectivity index (χ1) is 5.91. The summed E-state index contributed by atoms with van der Waals surface area (Å²) in [5.74, 6) is 2.70.